The van der Waals surface area contributed by atoms with E-state index in [-0.39, 0.29) is 0 Å². The van der Waals surface area contributed by atoms with Gasteiger partial charge in [-0.15, -0.1) is 0 Å². The summed E-state index contributed by atoms with van der Waals surface area (Å²) in [5.41, 5.74) is 4.23. The van der Waals surface area contributed by atoms with Crippen LogP contribution in [0.2, 0.25) is 0 Å². The van der Waals surface area contributed by atoms with Crippen LogP contribution in [0.5, 0.6) is 5.75 Å². The van der Waals surface area contributed by atoms with Gasteiger partial charge < -0.3 is 9.84 Å². The number of hydrogen-bond donors (Lipinski definition) is 1. The third-order valence-electron chi connectivity index (χ3n) is 3.63. The molecule has 0 saturated carbocycles. The summed E-state index contributed by atoms with van der Waals surface area (Å²) in [7, 11) is 0. The van der Waals surface area contributed by atoms with Crippen molar-refractivity contribution in [2.45, 2.75) is 13.8 Å². The fraction of sp³-hybridized carbons (Fsp3) is 0.158. The van der Waals surface area contributed by atoms with Crippen molar-refractivity contribution in [3.05, 3.63) is 59.9 Å². The van der Waals surface area contributed by atoms with Crippen molar-refractivity contribution in [2.24, 2.45) is 0 Å². The number of pyridine rings is 1. The minimum atomic E-state index is -0.991. The lowest BCUT2D eigenvalue weighted by Gasteiger charge is -2.04. The lowest BCUT2D eigenvalue weighted by atomic mass is 10.1. The number of benzene rings is 1. The molecule has 2 heterocycles. The number of aryl methyl sites for hydroxylation is 1. The largest absolute Gasteiger partial charge is 0.494 e. The van der Waals surface area contributed by atoms with E-state index in [9.17, 15) is 4.79 Å². The first-order chi connectivity index (χ1) is 11.6. The number of aromatic nitrogens is 2. The standard InChI is InChI=1S/C19H18N2O3/c1-3-24-15-7-5-14(6-8-15)19-16(9-11-18(22)23)21-12-13(2)4-10-17(21)20-19/h4-12H,3H2,1-2H3,(H,22,23)/b11-9+. The topological polar surface area (TPSA) is 63.8 Å². The summed E-state index contributed by atoms with van der Waals surface area (Å²) in [6.07, 6.45) is 4.65. The average molecular weight is 322 g/mol. The molecule has 0 fully saturated rings. The minimum Gasteiger partial charge on any atom is -0.494 e. The molecule has 1 aromatic carbocycles. The Balaban J connectivity index is 2.15. The predicted molar refractivity (Wildman–Crippen MR) is 93.2 cm³/mol. The monoisotopic (exact) mass is 322 g/mol. The van der Waals surface area contributed by atoms with Gasteiger partial charge in [-0.1, -0.05) is 6.07 Å². The fourth-order valence-electron chi connectivity index (χ4n) is 2.57. The highest BCUT2D eigenvalue weighted by molar-refractivity contribution is 5.87. The summed E-state index contributed by atoms with van der Waals surface area (Å²) in [5, 5.41) is 8.96. The Bertz CT molecular complexity index is 908. The van der Waals surface area contributed by atoms with Gasteiger partial charge in [-0.3, -0.25) is 4.40 Å². The van der Waals surface area contributed by atoms with E-state index < -0.39 is 5.97 Å². The van der Waals surface area contributed by atoms with Gasteiger partial charge in [-0.05, 0) is 55.8 Å². The third kappa shape index (κ3) is 3.15. The molecule has 0 spiro atoms. The van der Waals surface area contributed by atoms with Crippen molar-refractivity contribution >= 4 is 17.7 Å². The first-order valence-electron chi connectivity index (χ1n) is 7.71. The molecule has 0 amide bonds. The summed E-state index contributed by atoms with van der Waals surface area (Å²) in [4.78, 5) is 15.6. The van der Waals surface area contributed by atoms with E-state index in [4.69, 9.17) is 9.84 Å². The zero-order valence-electron chi connectivity index (χ0n) is 13.6. The number of nitrogens with zero attached hydrogens (tertiary/aromatic N) is 2. The number of rotatable bonds is 5. The number of carboxylic acids is 1. The van der Waals surface area contributed by atoms with E-state index >= 15 is 0 Å². The van der Waals surface area contributed by atoms with E-state index in [0.29, 0.717) is 6.61 Å². The molecule has 2 aromatic heterocycles. The third-order valence-corrected chi connectivity index (χ3v) is 3.63. The van der Waals surface area contributed by atoms with Crippen LogP contribution in [-0.2, 0) is 4.79 Å². The van der Waals surface area contributed by atoms with Crippen LogP contribution < -0.4 is 4.74 Å². The van der Waals surface area contributed by atoms with Crippen molar-refractivity contribution in [1.82, 2.24) is 9.38 Å². The molecule has 0 bridgehead atoms. The Morgan fingerprint density at radius 3 is 2.67 bits per heavy atom. The molecule has 5 nitrogen and oxygen atoms in total. The lowest BCUT2D eigenvalue weighted by molar-refractivity contribution is -0.131. The maximum absolute atomic E-state index is 10.9. The van der Waals surface area contributed by atoms with Crippen LogP contribution in [0.25, 0.3) is 23.0 Å². The van der Waals surface area contributed by atoms with Crippen LogP contribution in [0.1, 0.15) is 18.2 Å². The Morgan fingerprint density at radius 2 is 2.00 bits per heavy atom. The van der Waals surface area contributed by atoms with Gasteiger partial charge in [0.25, 0.3) is 0 Å². The summed E-state index contributed by atoms with van der Waals surface area (Å²) in [6, 6.07) is 11.5. The van der Waals surface area contributed by atoms with Gasteiger partial charge in [0.1, 0.15) is 11.4 Å². The normalized spacial score (nSPS) is 11.2. The van der Waals surface area contributed by atoms with E-state index in [1.54, 1.807) is 6.08 Å². The van der Waals surface area contributed by atoms with Gasteiger partial charge in [-0.2, -0.15) is 0 Å². The molecular formula is C19H18N2O3. The van der Waals surface area contributed by atoms with Crippen LogP contribution in [0, 0.1) is 6.92 Å². The Morgan fingerprint density at radius 1 is 1.25 bits per heavy atom. The van der Waals surface area contributed by atoms with E-state index in [1.807, 2.05) is 60.8 Å². The first kappa shape index (κ1) is 15.8. The Hall–Kier alpha value is -3.08. The zero-order valence-corrected chi connectivity index (χ0v) is 13.6. The second kappa shape index (κ2) is 6.58. The number of imidazole rings is 1. The highest BCUT2D eigenvalue weighted by atomic mass is 16.5. The van der Waals surface area contributed by atoms with Gasteiger partial charge in [0.2, 0.25) is 0 Å². The van der Waals surface area contributed by atoms with Crippen molar-refractivity contribution in [3.63, 3.8) is 0 Å². The summed E-state index contributed by atoms with van der Waals surface area (Å²) >= 11 is 0. The summed E-state index contributed by atoms with van der Waals surface area (Å²) < 4.78 is 7.37. The van der Waals surface area contributed by atoms with E-state index in [2.05, 4.69) is 4.98 Å². The molecule has 24 heavy (non-hydrogen) atoms. The minimum absolute atomic E-state index is 0.611. The van der Waals surface area contributed by atoms with Crippen molar-refractivity contribution in [1.29, 1.82) is 0 Å². The molecule has 0 aliphatic carbocycles. The number of hydrogen-bond acceptors (Lipinski definition) is 3. The molecule has 3 aromatic rings. The van der Waals surface area contributed by atoms with Crippen molar-refractivity contribution < 1.29 is 14.6 Å². The summed E-state index contributed by atoms with van der Waals surface area (Å²) in [6.45, 7) is 4.54. The van der Waals surface area contributed by atoms with Gasteiger partial charge in [0.15, 0.2) is 0 Å². The molecule has 0 aliphatic rings. The van der Waals surface area contributed by atoms with Crippen molar-refractivity contribution in [2.75, 3.05) is 6.61 Å². The second-order valence-corrected chi connectivity index (χ2v) is 5.41. The number of aliphatic carboxylic acids is 1. The lowest BCUT2D eigenvalue weighted by Crippen LogP contribution is -1.93. The number of carboxylic acid groups (broad SMARTS) is 1. The maximum Gasteiger partial charge on any atom is 0.328 e. The second-order valence-electron chi connectivity index (χ2n) is 5.41. The predicted octanol–water partition coefficient (Wildman–Crippen LogP) is 3.81. The van der Waals surface area contributed by atoms with E-state index in [0.717, 1.165) is 40.0 Å². The molecule has 1 N–H and O–H groups in total. The fourth-order valence-corrected chi connectivity index (χ4v) is 2.57. The quantitative estimate of drug-likeness (QED) is 0.726. The molecule has 0 unspecified atom stereocenters. The smallest absolute Gasteiger partial charge is 0.328 e. The molecular weight excluding hydrogens is 304 g/mol. The van der Waals surface area contributed by atoms with Crippen molar-refractivity contribution in [3.8, 4) is 17.0 Å². The SMILES string of the molecule is CCOc1ccc(-c2nc3ccc(C)cn3c2/C=C/C(=O)O)cc1. The highest BCUT2D eigenvalue weighted by Crippen LogP contribution is 2.27. The van der Waals surface area contributed by atoms with Gasteiger partial charge in [0, 0.05) is 17.8 Å². The summed E-state index contributed by atoms with van der Waals surface area (Å²) in [5.74, 6) is -0.196. The molecule has 0 atom stereocenters. The molecule has 3 rings (SSSR count). The molecule has 0 aliphatic heterocycles. The maximum atomic E-state index is 10.9. The highest BCUT2D eigenvalue weighted by Gasteiger charge is 2.12. The zero-order chi connectivity index (χ0) is 17.1. The molecule has 122 valence electrons. The van der Waals surface area contributed by atoms with Crippen LogP contribution in [0.3, 0.4) is 0 Å². The van der Waals surface area contributed by atoms with Gasteiger partial charge in [-0.25, -0.2) is 9.78 Å². The Labute approximate surface area is 139 Å². The molecule has 0 radical (unpaired) electrons. The molecule has 0 saturated heterocycles. The molecule has 5 heteroatoms. The van der Waals surface area contributed by atoms with Crippen LogP contribution >= 0.6 is 0 Å². The average Bonchev–Trinajstić information content (AvgIpc) is 2.91. The first-order valence-corrected chi connectivity index (χ1v) is 7.71. The Kier molecular flexibility index (Phi) is 4.33. The van der Waals surface area contributed by atoms with Crippen LogP contribution in [0.4, 0.5) is 0 Å². The van der Waals surface area contributed by atoms with Crippen LogP contribution in [0.15, 0.2) is 48.7 Å². The van der Waals surface area contributed by atoms with Crippen LogP contribution in [-0.4, -0.2) is 27.1 Å². The number of ether oxygens (including phenoxy) is 1. The van der Waals surface area contributed by atoms with E-state index in [1.165, 1.54) is 0 Å². The van der Waals surface area contributed by atoms with Gasteiger partial charge >= 0.3 is 5.97 Å². The van der Waals surface area contributed by atoms with Gasteiger partial charge in [0.05, 0.1) is 18.0 Å². The number of carbonyl (C=O) groups is 1. The number of fused-ring (bicyclic) bond motifs is 1.